The molecule has 0 amide bonds. The van der Waals surface area contributed by atoms with E-state index in [0.717, 1.165) is 16.3 Å². The molecule has 19 heavy (non-hydrogen) atoms. The number of ether oxygens (including phenoxy) is 1. The molecule has 96 valence electrons. The van der Waals surface area contributed by atoms with Gasteiger partial charge in [0.05, 0.1) is 13.3 Å². The van der Waals surface area contributed by atoms with Crippen molar-refractivity contribution in [3.05, 3.63) is 36.2 Å². The largest absolute Gasteiger partial charge is 0.497 e. The number of rotatable bonds is 3. The number of hydrogen-bond acceptors (Lipinski definition) is 5. The molecule has 0 saturated heterocycles. The number of carboxylic acids is 1. The van der Waals surface area contributed by atoms with Gasteiger partial charge in [0.1, 0.15) is 10.8 Å². The molecular formula is C12H9N3O3S. The molecule has 0 atom stereocenters. The molecule has 3 aromatic rings. The van der Waals surface area contributed by atoms with Gasteiger partial charge in [-0.1, -0.05) is 11.3 Å². The maximum absolute atomic E-state index is 10.8. The molecule has 2 heterocycles. The molecule has 0 aliphatic rings. The molecule has 2 aromatic heterocycles. The molecule has 7 heteroatoms. The highest BCUT2D eigenvalue weighted by atomic mass is 32.1. The van der Waals surface area contributed by atoms with E-state index in [4.69, 9.17) is 9.84 Å². The molecule has 0 bridgehead atoms. The zero-order chi connectivity index (χ0) is 13.4. The summed E-state index contributed by atoms with van der Waals surface area (Å²) in [4.78, 5) is 15.3. The fraction of sp³-hybridized carbons (Fsp3) is 0.0833. The summed E-state index contributed by atoms with van der Waals surface area (Å²) in [7, 11) is 1.61. The van der Waals surface area contributed by atoms with E-state index in [1.54, 1.807) is 7.11 Å². The zero-order valence-corrected chi connectivity index (χ0v) is 10.7. The average molecular weight is 275 g/mol. The number of aromatic nitrogens is 3. The minimum absolute atomic E-state index is 0.0000286. The second-order valence-corrected chi connectivity index (χ2v) is 4.75. The lowest BCUT2D eigenvalue weighted by Gasteiger charge is -1.99. The van der Waals surface area contributed by atoms with Gasteiger partial charge >= 0.3 is 5.97 Å². The fourth-order valence-electron chi connectivity index (χ4n) is 1.65. The molecule has 1 aromatic carbocycles. The van der Waals surface area contributed by atoms with Gasteiger partial charge in [0.2, 0.25) is 4.96 Å². The van der Waals surface area contributed by atoms with E-state index in [-0.39, 0.29) is 5.69 Å². The third-order valence-electron chi connectivity index (χ3n) is 2.60. The second kappa shape index (κ2) is 4.36. The van der Waals surface area contributed by atoms with Crippen LogP contribution in [0.4, 0.5) is 0 Å². The summed E-state index contributed by atoms with van der Waals surface area (Å²) in [5.41, 5.74) is 0.938. The van der Waals surface area contributed by atoms with E-state index in [0.29, 0.717) is 4.96 Å². The standard InChI is InChI=1S/C12H9N3O3S/c1-18-8-4-2-7(3-5-8)10-14-15-6-9(11(16)17)13-12(15)19-10/h2-6H,1H3,(H,16,17). The Kier molecular flexibility index (Phi) is 2.68. The smallest absolute Gasteiger partial charge is 0.356 e. The number of hydrogen-bond donors (Lipinski definition) is 1. The van der Waals surface area contributed by atoms with Gasteiger partial charge < -0.3 is 9.84 Å². The van der Waals surface area contributed by atoms with Crippen LogP contribution in [-0.2, 0) is 0 Å². The number of benzene rings is 1. The summed E-state index contributed by atoms with van der Waals surface area (Å²) in [6.07, 6.45) is 1.40. The summed E-state index contributed by atoms with van der Waals surface area (Å²) >= 11 is 1.34. The van der Waals surface area contributed by atoms with Crippen LogP contribution in [0.1, 0.15) is 10.5 Å². The highest BCUT2D eigenvalue weighted by molar-refractivity contribution is 7.19. The lowest BCUT2D eigenvalue weighted by Crippen LogP contribution is -1.95. The molecule has 0 spiro atoms. The van der Waals surface area contributed by atoms with Gasteiger partial charge in [0.25, 0.3) is 0 Å². The summed E-state index contributed by atoms with van der Waals surface area (Å²) < 4.78 is 6.57. The van der Waals surface area contributed by atoms with Gasteiger partial charge in [0.15, 0.2) is 5.69 Å². The third-order valence-corrected chi connectivity index (χ3v) is 3.57. The Morgan fingerprint density at radius 2 is 2.11 bits per heavy atom. The second-order valence-electron chi connectivity index (χ2n) is 3.79. The third kappa shape index (κ3) is 2.04. The Labute approximate surface area is 111 Å². The predicted molar refractivity (Wildman–Crippen MR) is 69.8 cm³/mol. The van der Waals surface area contributed by atoms with Crippen molar-refractivity contribution in [1.82, 2.24) is 14.6 Å². The van der Waals surface area contributed by atoms with Gasteiger partial charge in [-0.3, -0.25) is 0 Å². The normalized spacial score (nSPS) is 10.8. The Morgan fingerprint density at radius 1 is 1.37 bits per heavy atom. The highest BCUT2D eigenvalue weighted by Crippen LogP contribution is 2.27. The van der Waals surface area contributed by atoms with Crippen molar-refractivity contribution in [1.29, 1.82) is 0 Å². The lowest BCUT2D eigenvalue weighted by molar-refractivity contribution is 0.0691. The minimum atomic E-state index is -1.05. The summed E-state index contributed by atoms with van der Waals surface area (Å²) in [5, 5.41) is 13.9. The monoisotopic (exact) mass is 275 g/mol. The molecule has 0 radical (unpaired) electrons. The zero-order valence-electron chi connectivity index (χ0n) is 9.90. The van der Waals surface area contributed by atoms with Crippen molar-refractivity contribution < 1.29 is 14.6 Å². The summed E-state index contributed by atoms with van der Waals surface area (Å²) in [6, 6.07) is 7.49. The van der Waals surface area contributed by atoms with E-state index in [1.807, 2.05) is 24.3 Å². The molecule has 0 fully saturated rings. The van der Waals surface area contributed by atoms with Crippen molar-refractivity contribution >= 4 is 22.3 Å². The van der Waals surface area contributed by atoms with Crippen molar-refractivity contribution in [3.63, 3.8) is 0 Å². The summed E-state index contributed by atoms with van der Waals surface area (Å²) in [6.45, 7) is 0. The van der Waals surface area contributed by atoms with Crippen LogP contribution < -0.4 is 4.74 Å². The maximum atomic E-state index is 10.8. The first-order valence-corrected chi connectivity index (χ1v) is 6.23. The van der Waals surface area contributed by atoms with Crippen molar-refractivity contribution in [3.8, 4) is 16.3 Å². The fourth-order valence-corrected chi connectivity index (χ4v) is 2.54. The van der Waals surface area contributed by atoms with Gasteiger partial charge in [-0.2, -0.15) is 5.10 Å². The minimum Gasteiger partial charge on any atom is -0.497 e. The Balaban J connectivity index is 2.00. The van der Waals surface area contributed by atoms with Crippen molar-refractivity contribution in [2.75, 3.05) is 7.11 Å². The molecule has 1 N–H and O–H groups in total. The number of fused-ring (bicyclic) bond motifs is 1. The number of nitrogens with zero attached hydrogens (tertiary/aromatic N) is 3. The Morgan fingerprint density at radius 3 is 2.68 bits per heavy atom. The molecule has 0 unspecified atom stereocenters. The van der Waals surface area contributed by atoms with Crippen LogP contribution in [0.3, 0.4) is 0 Å². The molecule has 3 rings (SSSR count). The predicted octanol–water partition coefficient (Wildman–Crippen LogP) is 2.16. The first-order valence-electron chi connectivity index (χ1n) is 5.41. The lowest BCUT2D eigenvalue weighted by atomic mass is 10.2. The van der Waals surface area contributed by atoms with Crippen LogP contribution in [0, 0.1) is 0 Å². The van der Waals surface area contributed by atoms with Crippen LogP contribution in [0.2, 0.25) is 0 Å². The first kappa shape index (κ1) is 11.7. The Hall–Kier alpha value is -2.41. The van der Waals surface area contributed by atoms with E-state index >= 15 is 0 Å². The number of carboxylic acid groups (broad SMARTS) is 1. The van der Waals surface area contributed by atoms with E-state index in [1.165, 1.54) is 22.0 Å². The molecule has 6 nitrogen and oxygen atoms in total. The van der Waals surface area contributed by atoms with Gasteiger partial charge in [-0.25, -0.2) is 14.3 Å². The molecular weight excluding hydrogens is 266 g/mol. The van der Waals surface area contributed by atoms with Crippen LogP contribution >= 0.6 is 11.3 Å². The first-order chi connectivity index (χ1) is 9.17. The highest BCUT2D eigenvalue weighted by Gasteiger charge is 2.13. The topological polar surface area (TPSA) is 76.7 Å². The van der Waals surface area contributed by atoms with Crippen LogP contribution in [0.5, 0.6) is 5.75 Å². The Bertz CT molecular complexity index is 714. The van der Waals surface area contributed by atoms with E-state index in [2.05, 4.69) is 10.1 Å². The van der Waals surface area contributed by atoms with Gasteiger partial charge in [0, 0.05) is 5.56 Å². The van der Waals surface area contributed by atoms with E-state index < -0.39 is 5.97 Å². The van der Waals surface area contributed by atoms with Crippen LogP contribution in [0.25, 0.3) is 15.5 Å². The number of aromatic carboxylic acids is 1. The van der Waals surface area contributed by atoms with Crippen molar-refractivity contribution in [2.24, 2.45) is 0 Å². The molecule has 0 aliphatic heterocycles. The quantitative estimate of drug-likeness (QED) is 0.792. The van der Waals surface area contributed by atoms with Crippen LogP contribution in [-0.4, -0.2) is 32.8 Å². The van der Waals surface area contributed by atoms with Crippen molar-refractivity contribution in [2.45, 2.75) is 0 Å². The molecule has 0 saturated carbocycles. The van der Waals surface area contributed by atoms with E-state index in [9.17, 15) is 4.79 Å². The SMILES string of the molecule is COc1ccc(-c2nn3cc(C(=O)O)nc3s2)cc1. The van der Waals surface area contributed by atoms with Crippen LogP contribution in [0.15, 0.2) is 30.5 Å². The maximum Gasteiger partial charge on any atom is 0.356 e. The van der Waals surface area contributed by atoms with Gasteiger partial charge in [-0.15, -0.1) is 0 Å². The van der Waals surface area contributed by atoms with Gasteiger partial charge in [-0.05, 0) is 24.3 Å². The number of carbonyl (C=O) groups is 1. The number of methoxy groups -OCH3 is 1. The molecule has 0 aliphatic carbocycles. The number of imidazole rings is 1. The summed E-state index contributed by atoms with van der Waals surface area (Å²) in [5.74, 6) is -0.276. The average Bonchev–Trinajstić information content (AvgIpc) is 2.97.